The van der Waals surface area contributed by atoms with Crippen LogP contribution in [0.15, 0.2) is 24.3 Å². The fourth-order valence-electron chi connectivity index (χ4n) is 3.10. The molecule has 0 aliphatic carbocycles. The second-order valence-electron chi connectivity index (χ2n) is 6.44. The Labute approximate surface area is 124 Å². The molecule has 0 amide bonds. The summed E-state index contributed by atoms with van der Waals surface area (Å²) in [7, 11) is 0. The summed E-state index contributed by atoms with van der Waals surface area (Å²) >= 11 is 0. The molecule has 0 spiro atoms. The van der Waals surface area contributed by atoms with E-state index in [-0.39, 0.29) is 0 Å². The first-order chi connectivity index (χ1) is 9.69. The Bertz CT molecular complexity index is 385. The highest BCUT2D eigenvalue weighted by Gasteiger charge is 2.22. The molecule has 0 saturated carbocycles. The van der Waals surface area contributed by atoms with Gasteiger partial charge >= 0.3 is 0 Å². The lowest BCUT2D eigenvalue weighted by Gasteiger charge is -2.36. The van der Waals surface area contributed by atoms with E-state index in [2.05, 4.69) is 55.3 Å². The number of likely N-dealkylation sites (tertiary alicyclic amines) is 1. The van der Waals surface area contributed by atoms with Crippen LogP contribution in [0.25, 0.3) is 0 Å². The van der Waals surface area contributed by atoms with Crippen LogP contribution < -0.4 is 5.32 Å². The van der Waals surface area contributed by atoms with Crippen LogP contribution in [0.5, 0.6) is 0 Å². The lowest BCUT2D eigenvalue weighted by atomic mass is 9.93. The molecule has 2 heteroatoms. The number of nitrogens with zero attached hydrogens (tertiary/aromatic N) is 1. The van der Waals surface area contributed by atoms with Crippen molar-refractivity contribution in [3.8, 4) is 0 Å². The van der Waals surface area contributed by atoms with E-state index in [1.807, 2.05) is 0 Å². The minimum atomic E-state index is 0.727. The Morgan fingerprint density at radius 2 is 1.85 bits per heavy atom. The molecular weight excluding hydrogens is 244 g/mol. The zero-order chi connectivity index (χ0) is 14.4. The van der Waals surface area contributed by atoms with E-state index in [1.54, 1.807) is 0 Å². The highest BCUT2D eigenvalue weighted by Crippen LogP contribution is 2.23. The lowest BCUT2D eigenvalue weighted by Crippen LogP contribution is -2.39. The first kappa shape index (κ1) is 15.5. The Morgan fingerprint density at radius 3 is 2.50 bits per heavy atom. The molecule has 1 aliphatic heterocycles. The molecule has 1 aromatic carbocycles. The van der Waals surface area contributed by atoms with Gasteiger partial charge in [-0.1, -0.05) is 38.1 Å². The van der Waals surface area contributed by atoms with E-state index in [0.717, 1.165) is 31.6 Å². The fraction of sp³-hybridized carbons (Fsp3) is 0.667. The molecule has 1 aliphatic rings. The summed E-state index contributed by atoms with van der Waals surface area (Å²) in [6.45, 7) is 11.4. The molecule has 0 radical (unpaired) electrons. The summed E-state index contributed by atoms with van der Waals surface area (Å²) in [5.74, 6) is 0.897. The van der Waals surface area contributed by atoms with E-state index < -0.39 is 0 Å². The molecule has 2 atom stereocenters. The largest absolute Gasteiger partial charge is 0.313 e. The highest BCUT2D eigenvalue weighted by molar-refractivity contribution is 5.22. The second kappa shape index (κ2) is 7.80. The average Bonchev–Trinajstić information content (AvgIpc) is 2.44. The molecule has 1 saturated heterocycles. The monoisotopic (exact) mass is 274 g/mol. The second-order valence-corrected chi connectivity index (χ2v) is 6.44. The number of nitrogens with one attached hydrogen (secondary N) is 1. The summed E-state index contributed by atoms with van der Waals surface area (Å²) in [4.78, 5) is 2.63. The van der Waals surface area contributed by atoms with E-state index in [4.69, 9.17) is 0 Å². The maximum absolute atomic E-state index is 3.45. The van der Waals surface area contributed by atoms with Crippen molar-refractivity contribution in [2.45, 2.75) is 59.2 Å². The topological polar surface area (TPSA) is 15.3 Å². The first-order valence-corrected chi connectivity index (χ1v) is 8.21. The van der Waals surface area contributed by atoms with Gasteiger partial charge in [0.2, 0.25) is 0 Å². The van der Waals surface area contributed by atoms with Gasteiger partial charge < -0.3 is 5.32 Å². The Balaban J connectivity index is 1.84. The van der Waals surface area contributed by atoms with Crippen LogP contribution >= 0.6 is 0 Å². The molecule has 1 heterocycles. The van der Waals surface area contributed by atoms with Gasteiger partial charge in [0.05, 0.1) is 0 Å². The van der Waals surface area contributed by atoms with Crippen LogP contribution in [0.3, 0.4) is 0 Å². The summed E-state index contributed by atoms with van der Waals surface area (Å²) in [5, 5.41) is 3.45. The van der Waals surface area contributed by atoms with Gasteiger partial charge in [-0.3, -0.25) is 4.90 Å². The number of benzene rings is 1. The van der Waals surface area contributed by atoms with Gasteiger partial charge in [0.15, 0.2) is 0 Å². The average molecular weight is 274 g/mol. The number of piperidine rings is 1. The molecule has 2 rings (SSSR count). The van der Waals surface area contributed by atoms with Crippen molar-refractivity contribution in [3.05, 3.63) is 35.4 Å². The third-order valence-electron chi connectivity index (χ3n) is 4.44. The third kappa shape index (κ3) is 4.60. The standard InChI is InChI=1S/C18H30N2/c1-4-10-19-13-17-5-7-18(8-6-17)14-20-11-9-15(2)12-16(20)3/h5-8,15-16,19H,4,9-14H2,1-3H3. The van der Waals surface area contributed by atoms with Gasteiger partial charge in [0.25, 0.3) is 0 Å². The molecule has 20 heavy (non-hydrogen) atoms. The quantitative estimate of drug-likeness (QED) is 0.794. The van der Waals surface area contributed by atoms with E-state index in [1.165, 1.54) is 36.9 Å². The van der Waals surface area contributed by atoms with Gasteiger partial charge in [0.1, 0.15) is 0 Å². The van der Waals surface area contributed by atoms with E-state index >= 15 is 0 Å². The number of hydrogen-bond donors (Lipinski definition) is 1. The van der Waals surface area contributed by atoms with Crippen LogP contribution in [0.4, 0.5) is 0 Å². The minimum absolute atomic E-state index is 0.727. The molecule has 0 bridgehead atoms. The van der Waals surface area contributed by atoms with E-state index in [0.29, 0.717) is 0 Å². The van der Waals surface area contributed by atoms with Crippen molar-refractivity contribution in [3.63, 3.8) is 0 Å². The maximum atomic E-state index is 3.45. The highest BCUT2D eigenvalue weighted by atomic mass is 15.2. The van der Waals surface area contributed by atoms with Gasteiger partial charge in [-0.25, -0.2) is 0 Å². The van der Waals surface area contributed by atoms with Gasteiger partial charge in [-0.15, -0.1) is 0 Å². The number of rotatable bonds is 6. The maximum Gasteiger partial charge on any atom is 0.0236 e. The molecule has 1 fully saturated rings. The van der Waals surface area contributed by atoms with Crippen LogP contribution in [0, 0.1) is 5.92 Å². The molecule has 0 aromatic heterocycles. The van der Waals surface area contributed by atoms with Crippen LogP contribution in [0.2, 0.25) is 0 Å². The van der Waals surface area contributed by atoms with Crippen LogP contribution in [0.1, 0.15) is 51.2 Å². The summed E-state index contributed by atoms with van der Waals surface area (Å²) < 4.78 is 0. The Morgan fingerprint density at radius 1 is 1.15 bits per heavy atom. The normalized spacial score (nSPS) is 23.9. The minimum Gasteiger partial charge on any atom is -0.313 e. The Kier molecular flexibility index (Phi) is 6.06. The lowest BCUT2D eigenvalue weighted by molar-refractivity contribution is 0.122. The summed E-state index contributed by atoms with van der Waals surface area (Å²) in [5.41, 5.74) is 2.84. The van der Waals surface area contributed by atoms with Crippen molar-refractivity contribution < 1.29 is 0 Å². The van der Waals surface area contributed by atoms with Gasteiger partial charge in [0, 0.05) is 19.1 Å². The van der Waals surface area contributed by atoms with Crippen molar-refractivity contribution in [2.75, 3.05) is 13.1 Å². The predicted molar refractivity (Wildman–Crippen MR) is 86.7 cm³/mol. The third-order valence-corrected chi connectivity index (χ3v) is 4.44. The Hall–Kier alpha value is -0.860. The van der Waals surface area contributed by atoms with Crippen LogP contribution in [-0.4, -0.2) is 24.0 Å². The fourth-order valence-corrected chi connectivity index (χ4v) is 3.10. The van der Waals surface area contributed by atoms with Crippen molar-refractivity contribution in [2.24, 2.45) is 5.92 Å². The zero-order valence-corrected chi connectivity index (χ0v) is 13.4. The molecular formula is C18H30N2. The van der Waals surface area contributed by atoms with Crippen molar-refractivity contribution >= 4 is 0 Å². The molecule has 1 aromatic rings. The molecule has 2 unspecified atom stereocenters. The molecule has 2 nitrogen and oxygen atoms in total. The smallest absolute Gasteiger partial charge is 0.0236 e. The van der Waals surface area contributed by atoms with Gasteiger partial charge in [-0.05, 0) is 56.3 Å². The predicted octanol–water partition coefficient (Wildman–Crippen LogP) is 3.81. The van der Waals surface area contributed by atoms with Crippen molar-refractivity contribution in [1.82, 2.24) is 10.2 Å². The number of hydrogen-bond acceptors (Lipinski definition) is 2. The van der Waals surface area contributed by atoms with Crippen molar-refractivity contribution in [1.29, 1.82) is 0 Å². The zero-order valence-electron chi connectivity index (χ0n) is 13.4. The summed E-state index contributed by atoms with van der Waals surface area (Å²) in [6, 6.07) is 9.87. The SMILES string of the molecule is CCCNCc1ccc(CN2CCC(C)CC2C)cc1. The summed E-state index contributed by atoms with van der Waals surface area (Å²) in [6.07, 6.45) is 3.89. The molecule has 1 N–H and O–H groups in total. The first-order valence-electron chi connectivity index (χ1n) is 8.21. The van der Waals surface area contributed by atoms with Gasteiger partial charge in [-0.2, -0.15) is 0 Å². The van der Waals surface area contributed by atoms with Crippen LogP contribution in [-0.2, 0) is 13.1 Å². The molecule has 112 valence electrons. The van der Waals surface area contributed by atoms with E-state index in [9.17, 15) is 0 Å².